The van der Waals surface area contributed by atoms with Gasteiger partial charge in [-0.25, -0.2) is 9.59 Å². The van der Waals surface area contributed by atoms with E-state index in [-0.39, 0.29) is 23.5 Å². The molecule has 2 heterocycles. The van der Waals surface area contributed by atoms with Crippen molar-refractivity contribution in [2.24, 2.45) is 0 Å². The number of aromatic carboxylic acids is 1. The van der Waals surface area contributed by atoms with Gasteiger partial charge in [0.1, 0.15) is 5.69 Å². The zero-order chi connectivity index (χ0) is 14.7. The number of H-pyrrole nitrogens is 1. The van der Waals surface area contributed by atoms with Gasteiger partial charge in [-0.1, -0.05) is 0 Å². The first-order valence-electron chi connectivity index (χ1n) is 6.54. The van der Waals surface area contributed by atoms with Gasteiger partial charge in [0, 0.05) is 25.9 Å². The van der Waals surface area contributed by atoms with Crippen LogP contribution in [-0.2, 0) is 4.74 Å². The number of anilines is 1. The maximum absolute atomic E-state index is 12.0. The molecular formula is C13H19N3O4. The number of aromatic nitrogens is 1. The summed E-state index contributed by atoms with van der Waals surface area (Å²) in [6.07, 6.45) is 2.03. The minimum Gasteiger partial charge on any atom is -0.477 e. The lowest BCUT2D eigenvalue weighted by molar-refractivity contribution is 0.0692. The predicted octanol–water partition coefficient (Wildman–Crippen LogP) is 1.66. The largest absolute Gasteiger partial charge is 0.477 e. The maximum atomic E-state index is 12.0. The summed E-state index contributed by atoms with van der Waals surface area (Å²) < 4.78 is 5.47. The van der Waals surface area contributed by atoms with E-state index in [0.717, 1.165) is 19.4 Å². The van der Waals surface area contributed by atoms with E-state index in [2.05, 4.69) is 10.3 Å². The van der Waals surface area contributed by atoms with Gasteiger partial charge in [0.25, 0.3) is 0 Å². The third kappa shape index (κ3) is 3.30. The highest BCUT2D eigenvalue weighted by molar-refractivity contribution is 5.99. The second-order valence-corrected chi connectivity index (χ2v) is 4.99. The molecule has 0 aromatic carbocycles. The maximum Gasteiger partial charge on any atom is 0.354 e. The molecule has 1 saturated heterocycles. The number of aryl methyl sites for hydroxylation is 1. The summed E-state index contributed by atoms with van der Waals surface area (Å²) >= 11 is 0. The summed E-state index contributed by atoms with van der Waals surface area (Å²) in [7, 11) is 1.66. The van der Waals surface area contributed by atoms with Gasteiger partial charge in [-0.15, -0.1) is 0 Å². The predicted molar refractivity (Wildman–Crippen MR) is 73.1 cm³/mol. The Balaban J connectivity index is 1.98. The summed E-state index contributed by atoms with van der Waals surface area (Å²) in [6, 6.07) is 1.25. The van der Waals surface area contributed by atoms with Crippen molar-refractivity contribution in [2.45, 2.75) is 25.9 Å². The van der Waals surface area contributed by atoms with Gasteiger partial charge in [-0.05, 0) is 25.8 Å². The summed E-state index contributed by atoms with van der Waals surface area (Å²) in [5.41, 5.74) is 0.944. The molecule has 0 bridgehead atoms. The Bertz CT molecular complexity index is 506. The first-order chi connectivity index (χ1) is 9.47. The number of rotatable bonds is 4. The summed E-state index contributed by atoms with van der Waals surface area (Å²) in [5.74, 6) is -1.10. The van der Waals surface area contributed by atoms with Crippen LogP contribution in [0.5, 0.6) is 0 Å². The van der Waals surface area contributed by atoms with Crippen LogP contribution in [0.25, 0.3) is 0 Å². The van der Waals surface area contributed by atoms with Gasteiger partial charge in [-0.3, -0.25) is 0 Å². The van der Waals surface area contributed by atoms with Crippen LogP contribution >= 0.6 is 0 Å². The van der Waals surface area contributed by atoms with Crippen molar-refractivity contribution in [3.63, 3.8) is 0 Å². The molecule has 1 aliphatic heterocycles. The SMILES string of the molecule is Cc1cc(NC(=O)N(C)CC2CCCO2)c(C(=O)O)[nH]1. The van der Waals surface area contributed by atoms with E-state index in [1.54, 1.807) is 20.0 Å². The van der Waals surface area contributed by atoms with E-state index in [4.69, 9.17) is 9.84 Å². The molecule has 0 radical (unpaired) electrons. The lowest BCUT2D eigenvalue weighted by Crippen LogP contribution is -2.37. The lowest BCUT2D eigenvalue weighted by Gasteiger charge is -2.21. The molecule has 110 valence electrons. The summed E-state index contributed by atoms with van der Waals surface area (Å²) in [5, 5.41) is 11.6. The van der Waals surface area contributed by atoms with Crippen LogP contribution in [-0.4, -0.2) is 53.3 Å². The molecular weight excluding hydrogens is 262 g/mol. The van der Waals surface area contributed by atoms with Gasteiger partial charge in [-0.2, -0.15) is 0 Å². The fraction of sp³-hybridized carbons (Fsp3) is 0.538. The highest BCUT2D eigenvalue weighted by Gasteiger charge is 2.21. The molecule has 20 heavy (non-hydrogen) atoms. The molecule has 7 nitrogen and oxygen atoms in total. The van der Waals surface area contributed by atoms with E-state index < -0.39 is 5.97 Å². The molecule has 3 N–H and O–H groups in total. The van der Waals surface area contributed by atoms with Crippen molar-refractivity contribution in [2.75, 3.05) is 25.5 Å². The number of carboxylic acids is 1. The molecule has 0 saturated carbocycles. The number of urea groups is 1. The monoisotopic (exact) mass is 281 g/mol. The number of hydrogen-bond acceptors (Lipinski definition) is 3. The number of carbonyl (C=O) groups is 2. The Morgan fingerprint density at radius 2 is 2.35 bits per heavy atom. The van der Waals surface area contributed by atoms with E-state index in [1.165, 1.54) is 4.90 Å². The number of hydrogen-bond donors (Lipinski definition) is 3. The number of carbonyl (C=O) groups excluding carboxylic acids is 1. The number of carboxylic acid groups (broad SMARTS) is 1. The Kier molecular flexibility index (Phi) is 4.29. The quantitative estimate of drug-likeness (QED) is 0.782. The van der Waals surface area contributed by atoms with Gasteiger partial charge < -0.3 is 25.0 Å². The normalized spacial score (nSPS) is 18.0. The Hall–Kier alpha value is -2.02. The fourth-order valence-electron chi connectivity index (χ4n) is 2.24. The number of amides is 2. The van der Waals surface area contributed by atoms with Gasteiger partial charge in [0.15, 0.2) is 0 Å². The molecule has 1 aromatic heterocycles. The average Bonchev–Trinajstić information content (AvgIpc) is 2.98. The van der Waals surface area contributed by atoms with Gasteiger partial charge in [0.05, 0.1) is 11.8 Å². The summed E-state index contributed by atoms with van der Waals surface area (Å²) in [6.45, 7) is 2.97. The molecule has 7 heteroatoms. The third-order valence-corrected chi connectivity index (χ3v) is 3.26. The zero-order valence-electron chi connectivity index (χ0n) is 11.6. The first-order valence-corrected chi connectivity index (χ1v) is 6.54. The van der Waals surface area contributed by atoms with Crippen LogP contribution < -0.4 is 5.32 Å². The number of nitrogens with one attached hydrogen (secondary N) is 2. The van der Waals surface area contributed by atoms with Crippen molar-refractivity contribution in [1.82, 2.24) is 9.88 Å². The molecule has 2 amide bonds. The molecule has 1 atom stereocenters. The highest BCUT2D eigenvalue weighted by Crippen LogP contribution is 2.18. The second kappa shape index (κ2) is 5.96. The van der Waals surface area contributed by atoms with Crippen molar-refractivity contribution in [3.8, 4) is 0 Å². The molecule has 1 aromatic rings. The van der Waals surface area contributed by atoms with Crippen molar-refractivity contribution in [3.05, 3.63) is 17.5 Å². The van der Waals surface area contributed by atoms with Crippen molar-refractivity contribution >= 4 is 17.7 Å². The van der Waals surface area contributed by atoms with Crippen LogP contribution in [0.1, 0.15) is 29.0 Å². The van der Waals surface area contributed by atoms with E-state index in [0.29, 0.717) is 12.2 Å². The first kappa shape index (κ1) is 14.4. The molecule has 1 unspecified atom stereocenters. The average molecular weight is 281 g/mol. The minimum absolute atomic E-state index is 0.0126. The van der Waals surface area contributed by atoms with Crippen LogP contribution in [0.15, 0.2) is 6.07 Å². The lowest BCUT2D eigenvalue weighted by atomic mass is 10.2. The second-order valence-electron chi connectivity index (χ2n) is 4.99. The van der Waals surface area contributed by atoms with Crippen molar-refractivity contribution < 1.29 is 19.4 Å². The van der Waals surface area contributed by atoms with Crippen LogP contribution in [0.3, 0.4) is 0 Å². The topological polar surface area (TPSA) is 94.7 Å². The molecule has 1 aliphatic rings. The Morgan fingerprint density at radius 1 is 1.60 bits per heavy atom. The van der Waals surface area contributed by atoms with Crippen molar-refractivity contribution in [1.29, 1.82) is 0 Å². The minimum atomic E-state index is -1.10. The Morgan fingerprint density at radius 3 is 2.95 bits per heavy atom. The molecule has 0 aliphatic carbocycles. The molecule has 2 rings (SSSR count). The summed E-state index contributed by atoms with van der Waals surface area (Å²) in [4.78, 5) is 27.3. The van der Waals surface area contributed by atoms with E-state index in [9.17, 15) is 9.59 Å². The van der Waals surface area contributed by atoms with E-state index >= 15 is 0 Å². The number of likely N-dealkylation sites (N-methyl/N-ethyl adjacent to an activating group) is 1. The smallest absolute Gasteiger partial charge is 0.354 e. The zero-order valence-corrected chi connectivity index (χ0v) is 11.6. The van der Waals surface area contributed by atoms with Gasteiger partial charge in [0.2, 0.25) is 0 Å². The number of nitrogens with zero attached hydrogens (tertiary/aromatic N) is 1. The van der Waals surface area contributed by atoms with Crippen LogP contribution in [0, 0.1) is 6.92 Å². The van der Waals surface area contributed by atoms with E-state index in [1.807, 2.05) is 0 Å². The number of aromatic amines is 1. The Labute approximate surface area is 116 Å². The van der Waals surface area contributed by atoms with Crippen LogP contribution in [0.2, 0.25) is 0 Å². The molecule has 0 spiro atoms. The number of ether oxygens (including phenoxy) is 1. The van der Waals surface area contributed by atoms with Gasteiger partial charge >= 0.3 is 12.0 Å². The third-order valence-electron chi connectivity index (χ3n) is 3.26. The standard InChI is InChI=1S/C13H19N3O4/c1-8-6-10(11(14-8)12(17)18)15-13(19)16(2)7-9-4-3-5-20-9/h6,9,14H,3-5,7H2,1-2H3,(H,15,19)(H,17,18). The van der Waals surface area contributed by atoms with Crippen LogP contribution in [0.4, 0.5) is 10.5 Å². The highest BCUT2D eigenvalue weighted by atomic mass is 16.5. The molecule has 1 fully saturated rings. The fourth-order valence-corrected chi connectivity index (χ4v) is 2.24.